The van der Waals surface area contributed by atoms with Gasteiger partial charge in [0.15, 0.2) is 0 Å². The van der Waals surface area contributed by atoms with Crippen molar-refractivity contribution in [3.8, 4) is 0 Å². The third kappa shape index (κ3) is 2.20. The quantitative estimate of drug-likeness (QED) is 0.665. The van der Waals surface area contributed by atoms with Crippen molar-refractivity contribution in [2.45, 2.75) is 13.8 Å². The molecule has 0 spiro atoms. The fourth-order valence-electron chi connectivity index (χ4n) is 0.970. The van der Waals surface area contributed by atoms with Gasteiger partial charge in [-0.25, -0.2) is 0 Å². The molecule has 72 valence electrons. The Kier molecular flexibility index (Phi) is 3.17. The van der Waals surface area contributed by atoms with Crippen molar-refractivity contribution in [2.24, 2.45) is 5.41 Å². The van der Waals surface area contributed by atoms with Crippen molar-refractivity contribution in [2.75, 3.05) is 27.4 Å². The molecule has 0 radical (unpaired) electrons. The minimum atomic E-state index is -3.22. The van der Waals surface area contributed by atoms with Crippen LogP contribution in [-0.2, 0) is 15.1 Å². The molecular formula is C7H16GeO4. The van der Waals surface area contributed by atoms with Gasteiger partial charge in [0, 0.05) is 0 Å². The second-order valence-corrected chi connectivity index (χ2v) is 8.67. The van der Waals surface area contributed by atoms with E-state index in [0.717, 1.165) is 0 Å². The molecule has 0 aromatic carbocycles. The molecule has 0 aliphatic carbocycles. The summed E-state index contributed by atoms with van der Waals surface area (Å²) in [5.41, 5.74) is 0.0752. The number of hydrogen-bond acceptors (Lipinski definition) is 4. The SMILES string of the molecule is C[O][Ge]1([O]C)[O]CC(C)(C)C[O]1. The molecule has 0 amide bonds. The third-order valence-corrected chi connectivity index (χ3v) is 5.97. The molecular weight excluding hydrogens is 221 g/mol. The summed E-state index contributed by atoms with van der Waals surface area (Å²) in [5.74, 6) is 0. The Hall–Kier alpha value is 0.383. The van der Waals surface area contributed by atoms with E-state index in [-0.39, 0.29) is 5.41 Å². The average molecular weight is 237 g/mol. The zero-order valence-corrected chi connectivity index (χ0v) is 10.1. The monoisotopic (exact) mass is 238 g/mol. The van der Waals surface area contributed by atoms with Gasteiger partial charge in [-0.2, -0.15) is 0 Å². The normalized spacial score (nSPS) is 27.0. The van der Waals surface area contributed by atoms with E-state index < -0.39 is 14.6 Å². The Balaban J connectivity index is 2.53. The van der Waals surface area contributed by atoms with Crippen molar-refractivity contribution in [3.05, 3.63) is 0 Å². The first-order chi connectivity index (χ1) is 5.54. The molecule has 0 aromatic rings. The summed E-state index contributed by atoms with van der Waals surface area (Å²) < 4.78 is 21.3. The van der Waals surface area contributed by atoms with Crippen LogP contribution in [0.1, 0.15) is 13.8 Å². The molecule has 0 atom stereocenters. The van der Waals surface area contributed by atoms with Crippen LogP contribution in [0.2, 0.25) is 0 Å². The molecule has 1 aliphatic rings. The summed E-state index contributed by atoms with van der Waals surface area (Å²) >= 11 is -3.22. The molecule has 1 fully saturated rings. The first-order valence-electron chi connectivity index (χ1n) is 3.92. The first-order valence-corrected chi connectivity index (χ1v) is 7.34. The molecule has 4 nitrogen and oxygen atoms in total. The van der Waals surface area contributed by atoms with E-state index in [1.54, 1.807) is 14.2 Å². The molecule has 1 heterocycles. The van der Waals surface area contributed by atoms with E-state index in [1.807, 2.05) is 0 Å². The Morgan fingerprint density at radius 3 is 1.83 bits per heavy atom. The van der Waals surface area contributed by atoms with E-state index in [1.165, 1.54) is 0 Å². The molecule has 0 unspecified atom stereocenters. The van der Waals surface area contributed by atoms with Gasteiger partial charge in [0.05, 0.1) is 0 Å². The minimum absolute atomic E-state index is 0.0752. The average Bonchev–Trinajstić information content (AvgIpc) is 2.06. The first kappa shape index (κ1) is 10.5. The van der Waals surface area contributed by atoms with Crippen LogP contribution in [0.15, 0.2) is 0 Å². The van der Waals surface area contributed by atoms with E-state index >= 15 is 0 Å². The Morgan fingerprint density at radius 2 is 1.50 bits per heavy atom. The van der Waals surface area contributed by atoms with Gasteiger partial charge in [-0.3, -0.25) is 0 Å². The van der Waals surface area contributed by atoms with Gasteiger partial charge in [0.1, 0.15) is 0 Å². The molecule has 0 N–H and O–H groups in total. The van der Waals surface area contributed by atoms with Gasteiger partial charge in [-0.1, -0.05) is 0 Å². The van der Waals surface area contributed by atoms with Crippen LogP contribution in [0.25, 0.3) is 0 Å². The van der Waals surface area contributed by atoms with Gasteiger partial charge in [0.25, 0.3) is 0 Å². The second kappa shape index (κ2) is 3.63. The molecule has 1 saturated heterocycles. The standard InChI is InChI=1S/C7H16GeO4/c1-7(2)5-11-8(9-3,10-4)12-6-7/h5-6H2,1-4H3. The van der Waals surface area contributed by atoms with Crippen LogP contribution in [0.4, 0.5) is 0 Å². The Bertz CT molecular complexity index is 143. The summed E-state index contributed by atoms with van der Waals surface area (Å²) in [4.78, 5) is 0. The van der Waals surface area contributed by atoms with Crippen molar-refractivity contribution >= 4 is 14.6 Å². The van der Waals surface area contributed by atoms with Crippen molar-refractivity contribution < 1.29 is 15.1 Å². The predicted octanol–water partition coefficient (Wildman–Crippen LogP) is 0.788. The molecule has 0 bridgehead atoms. The van der Waals surface area contributed by atoms with E-state index in [9.17, 15) is 0 Å². The van der Waals surface area contributed by atoms with Crippen LogP contribution in [0.5, 0.6) is 0 Å². The topological polar surface area (TPSA) is 36.9 Å². The van der Waals surface area contributed by atoms with Crippen LogP contribution < -0.4 is 0 Å². The maximum absolute atomic E-state index is 5.50. The van der Waals surface area contributed by atoms with Crippen molar-refractivity contribution in [1.82, 2.24) is 0 Å². The van der Waals surface area contributed by atoms with Gasteiger partial charge < -0.3 is 0 Å². The van der Waals surface area contributed by atoms with Crippen LogP contribution in [0, 0.1) is 5.41 Å². The molecule has 5 heteroatoms. The maximum atomic E-state index is 5.50. The van der Waals surface area contributed by atoms with E-state index in [2.05, 4.69) is 13.8 Å². The van der Waals surface area contributed by atoms with Crippen molar-refractivity contribution in [3.63, 3.8) is 0 Å². The molecule has 1 aliphatic heterocycles. The fourth-order valence-corrected chi connectivity index (χ4v) is 4.86. The Labute approximate surface area is 76.9 Å². The Morgan fingerprint density at radius 1 is 1.08 bits per heavy atom. The van der Waals surface area contributed by atoms with Gasteiger partial charge in [-0.15, -0.1) is 0 Å². The molecule has 0 saturated carbocycles. The second-order valence-electron chi connectivity index (χ2n) is 3.65. The summed E-state index contributed by atoms with van der Waals surface area (Å²) in [6, 6.07) is 0. The van der Waals surface area contributed by atoms with E-state index in [0.29, 0.717) is 13.2 Å². The number of rotatable bonds is 2. The summed E-state index contributed by atoms with van der Waals surface area (Å²) in [6.45, 7) is 5.47. The zero-order chi connectivity index (χ0) is 9.24. The van der Waals surface area contributed by atoms with E-state index in [4.69, 9.17) is 15.1 Å². The van der Waals surface area contributed by atoms with Crippen LogP contribution >= 0.6 is 0 Å². The summed E-state index contributed by atoms with van der Waals surface area (Å²) in [6.07, 6.45) is 0. The molecule has 1 rings (SSSR count). The van der Waals surface area contributed by atoms with Crippen molar-refractivity contribution in [1.29, 1.82) is 0 Å². The van der Waals surface area contributed by atoms with Crippen LogP contribution in [-0.4, -0.2) is 42.0 Å². The third-order valence-electron chi connectivity index (χ3n) is 1.78. The summed E-state index contributed by atoms with van der Waals surface area (Å²) in [7, 11) is 3.14. The molecule has 0 aromatic heterocycles. The van der Waals surface area contributed by atoms with Gasteiger partial charge in [0.2, 0.25) is 0 Å². The number of hydrogen-bond donors (Lipinski definition) is 0. The summed E-state index contributed by atoms with van der Waals surface area (Å²) in [5, 5.41) is 0. The zero-order valence-electron chi connectivity index (χ0n) is 8.05. The van der Waals surface area contributed by atoms with Crippen LogP contribution in [0.3, 0.4) is 0 Å². The molecule has 12 heavy (non-hydrogen) atoms. The fraction of sp³-hybridized carbons (Fsp3) is 1.00. The van der Waals surface area contributed by atoms with Gasteiger partial charge in [-0.05, 0) is 0 Å². The predicted molar refractivity (Wildman–Crippen MR) is 45.5 cm³/mol. The van der Waals surface area contributed by atoms with Gasteiger partial charge >= 0.3 is 76.4 Å².